The number of carbonyl (C=O) groups is 3. The summed E-state index contributed by atoms with van der Waals surface area (Å²) in [7, 11) is 0. The minimum Gasteiger partial charge on any atom is -0.480 e. The molecule has 1 unspecified atom stereocenters. The van der Waals surface area contributed by atoms with Gasteiger partial charge >= 0.3 is 5.97 Å². The number of aliphatic carboxylic acids is 1. The lowest BCUT2D eigenvalue weighted by Gasteiger charge is -2.30. The number of carboxylic acid groups (broad SMARTS) is 1. The van der Waals surface area contributed by atoms with E-state index in [4.69, 9.17) is 6.42 Å². The van der Waals surface area contributed by atoms with Crippen molar-refractivity contribution in [3.05, 3.63) is 75.1 Å². The van der Waals surface area contributed by atoms with E-state index in [1.807, 2.05) is 24.0 Å². The van der Waals surface area contributed by atoms with Crippen molar-refractivity contribution in [2.24, 2.45) is 0 Å². The third-order valence-corrected chi connectivity index (χ3v) is 8.08. The Morgan fingerprint density at radius 2 is 1.96 bits per heavy atom. The molecular weight excluding hydrogens is 590 g/mol. The van der Waals surface area contributed by atoms with Gasteiger partial charge in [0.1, 0.15) is 11.9 Å². The summed E-state index contributed by atoms with van der Waals surface area (Å²) < 4.78 is 0. The number of fused-ring (bicyclic) bond motifs is 2. The molecule has 0 fully saturated rings. The molecular formula is C32H35N9O5. The van der Waals surface area contributed by atoms with E-state index in [0.29, 0.717) is 35.5 Å². The molecule has 0 saturated carbocycles. The zero-order valence-corrected chi connectivity index (χ0v) is 25.5. The molecule has 2 aromatic carbocycles. The molecule has 4 aromatic rings. The Labute approximate surface area is 264 Å². The van der Waals surface area contributed by atoms with E-state index >= 15 is 0 Å². The molecule has 0 aliphatic heterocycles. The number of terminal acetylenes is 1. The van der Waals surface area contributed by atoms with Crippen LogP contribution in [0.4, 0.5) is 5.69 Å². The third kappa shape index (κ3) is 7.04. The predicted octanol–water partition coefficient (Wildman–Crippen LogP) is 2.49. The molecule has 1 aliphatic rings. The van der Waals surface area contributed by atoms with Crippen molar-refractivity contribution < 1.29 is 19.5 Å². The SMILES string of the molecule is C#CCN(c1ccc(C(=O)N[C@@H](CCC(=O)N[C@H](CCC)c2nn[nH]n2)C(=O)O)cc1)C1CCc2cc3nc(C)[nH]c(=O)c3cc21. The molecule has 5 rings (SSSR count). The van der Waals surface area contributed by atoms with E-state index in [-0.39, 0.29) is 35.9 Å². The lowest BCUT2D eigenvalue weighted by Crippen LogP contribution is -2.42. The standard InChI is InChI=1S/C32H35N9O5/c1-4-6-24(29-37-39-40-38-29)35-28(42)14-12-25(32(45)46)36-30(43)19-7-10-21(11-8-19)41(15-5-2)27-13-9-20-16-26-23(17-22(20)27)31(44)34-18(3)33-26/h2,7-8,10-11,16-17,24-25,27H,4,6,9,12-15H2,1,3H3,(H,35,42)(H,36,43)(H,45,46)(H,33,34,44)(H,37,38,39,40)/t24-,25+,27?/m1/s1. The second-order valence-electron chi connectivity index (χ2n) is 11.2. The molecule has 2 aromatic heterocycles. The molecule has 1 aliphatic carbocycles. The van der Waals surface area contributed by atoms with Crippen molar-refractivity contribution in [1.82, 2.24) is 41.2 Å². The number of hydrogen-bond donors (Lipinski definition) is 5. The number of aromatic amines is 2. The fraction of sp³-hybridized carbons (Fsp3) is 0.375. The molecule has 14 nitrogen and oxygen atoms in total. The van der Waals surface area contributed by atoms with Crippen LogP contribution in [0.1, 0.15) is 84.2 Å². The molecule has 238 valence electrons. The van der Waals surface area contributed by atoms with E-state index in [2.05, 4.69) is 47.1 Å². The van der Waals surface area contributed by atoms with Gasteiger partial charge in [0.15, 0.2) is 5.82 Å². The lowest BCUT2D eigenvalue weighted by molar-refractivity contribution is -0.139. The normalized spacial score (nSPS) is 15.0. The van der Waals surface area contributed by atoms with E-state index in [9.17, 15) is 24.3 Å². The maximum absolute atomic E-state index is 13.0. The van der Waals surface area contributed by atoms with Gasteiger partial charge < -0.3 is 25.6 Å². The van der Waals surface area contributed by atoms with Crippen LogP contribution in [0, 0.1) is 19.3 Å². The van der Waals surface area contributed by atoms with Crippen molar-refractivity contribution in [2.75, 3.05) is 11.4 Å². The smallest absolute Gasteiger partial charge is 0.326 e. The van der Waals surface area contributed by atoms with Crippen molar-refractivity contribution in [2.45, 2.75) is 70.5 Å². The van der Waals surface area contributed by atoms with Crippen LogP contribution in [-0.2, 0) is 16.0 Å². The van der Waals surface area contributed by atoms with Gasteiger partial charge in [0.25, 0.3) is 11.5 Å². The molecule has 2 amide bonds. The highest BCUT2D eigenvalue weighted by Crippen LogP contribution is 2.39. The number of hydrogen-bond acceptors (Lipinski definition) is 9. The number of rotatable bonds is 13. The van der Waals surface area contributed by atoms with E-state index in [1.165, 1.54) is 0 Å². The molecule has 3 atom stereocenters. The Bertz CT molecular complexity index is 1830. The predicted molar refractivity (Wildman–Crippen MR) is 169 cm³/mol. The minimum absolute atomic E-state index is 0.0876. The summed E-state index contributed by atoms with van der Waals surface area (Å²) in [5.41, 5.74) is 3.61. The van der Waals surface area contributed by atoms with E-state index < -0.39 is 24.0 Å². The summed E-state index contributed by atoms with van der Waals surface area (Å²) in [4.78, 5) is 59.5. The summed E-state index contributed by atoms with van der Waals surface area (Å²) in [5, 5.41) is 29.3. The molecule has 0 radical (unpaired) electrons. The van der Waals surface area contributed by atoms with Crippen LogP contribution in [0.5, 0.6) is 0 Å². The number of tetrazole rings is 1. The summed E-state index contributed by atoms with van der Waals surface area (Å²) in [6.45, 7) is 4.00. The Balaban J connectivity index is 1.25. The average molecular weight is 626 g/mol. The van der Waals surface area contributed by atoms with Crippen molar-refractivity contribution in [3.63, 3.8) is 0 Å². The monoisotopic (exact) mass is 625 g/mol. The minimum atomic E-state index is -1.28. The van der Waals surface area contributed by atoms with Crippen LogP contribution in [-0.4, -0.2) is 66.1 Å². The summed E-state index contributed by atoms with van der Waals surface area (Å²) in [5.74, 6) is 1.39. The molecule has 46 heavy (non-hydrogen) atoms. The third-order valence-electron chi connectivity index (χ3n) is 8.08. The van der Waals surface area contributed by atoms with Crippen LogP contribution in [0.3, 0.4) is 0 Å². The fourth-order valence-electron chi connectivity index (χ4n) is 5.86. The zero-order chi connectivity index (χ0) is 32.8. The Hall–Kier alpha value is -5.58. The van der Waals surface area contributed by atoms with Crippen molar-refractivity contribution in [1.29, 1.82) is 0 Å². The van der Waals surface area contributed by atoms with Gasteiger partial charge in [0.05, 0.1) is 29.5 Å². The topological polar surface area (TPSA) is 199 Å². The summed E-state index contributed by atoms with van der Waals surface area (Å²) in [6, 6.07) is 8.77. The van der Waals surface area contributed by atoms with Crippen LogP contribution in [0.15, 0.2) is 41.2 Å². The number of carboxylic acids is 1. The molecule has 0 spiro atoms. The van der Waals surface area contributed by atoms with Crippen LogP contribution >= 0.6 is 0 Å². The Morgan fingerprint density at radius 1 is 1.17 bits per heavy atom. The van der Waals surface area contributed by atoms with Crippen molar-refractivity contribution in [3.8, 4) is 12.3 Å². The maximum atomic E-state index is 13.0. The fourth-order valence-corrected chi connectivity index (χ4v) is 5.86. The van der Waals surface area contributed by atoms with Gasteiger partial charge in [0.2, 0.25) is 5.91 Å². The summed E-state index contributed by atoms with van der Waals surface area (Å²) >= 11 is 0. The second-order valence-corrected chi connectivity index (χ2v) is 11.2. The average Bonchev–Trinajstić information content (AvgIpc) is 3.71. The zero-order valence-electron chi connectivity index (χ0n) is 25.5. The number of carbonyl (C=O) groups excluding carboxylic acids is 2. The Morgan fingerprint density at radius 3 is 2.63 bits per heavy atom. The van der Waals surface area contributed by atoms with Gasteiger partial charge in [-0.05, 0) is 80.1 Å². The molecule has 14 heteroatoms. The quantitative estimate of drug-likeness (QED) is 0.138. The first-order valence-corrected chi connectivity index (χ1v) is 15.1. The highest BCUT2D eigenvalue weighted by atomic mass is 16.4. The van der Waals surface area contributed by atoms with Gasteiger partial charge in [0, 0.05) is 17.7 Å². The van der Waals surface area contributed by atoms with Crippen molar-refractivity contribution >= 4 is 34.4 Å². The summed E-state index contributed by atoms with van der Waals surface area (Å²) in [6.07, 6.45) is 8.44. The first-order chi connectivity index (χ1) is 22.2. The first-order valence-electron chi connectivity index (χ1n) is 15.1. The molecule has 0 bridgehead atoms. The number of nitrogens with zero attached hydrogens (tertiary/aromatic N) is 5. The number of benzene rings is 2. The first kappa shape index (κ1) is 31.8. The lowest BCUT2D eigenvalue weighted by atomic mass is 10.0. The van der Waals surface area contributed by atoms with Gasteiger partial charge in [-0.1, -0.05) is 24.5 Å². The van der Waals surface area contributed by atoms with Gasteiger partial charge in [-0.25, -0.2) is 9.78 Å². The van der Waals surface area contributed by atoms with Crippen LogP contribution < -0.4 is 21.1 Å². The number of amides is 2. The van der Waals surface area contributed by atoms with Crippen LogP contribution in [0.2, 0.25) is 0 Å². The largest absolute Gasteiger partial charge is 0.480 e. The molecule has 0 saturated heterocycles. The number of anilines is 1. The highest BCUT2D eigenvalue weighted by Gasteiger charge is 2.30. The van der Waals surface area contributed by atoms with Crippen LogP contribution in [0.25, 0.3) is 10.9 Å². The van der Waals surface area contributed by atoms with Gasteiger partial charge in [-0.2, -0.15) is 5.21 Å². The number of H-pyrrole nitrogens is 2. The van der Waals surface area contributed by atoms with E-state index in [1.54, 1.807) is 31.2 Å². The molecule has 5 N–H and O–H groups in total. The maximum Gasteiger partial charge on any atom is 0.326 e. The number of aryl methyl sites for hydroxylation is 2. The number of aromatic nitrogens is 6. The second kappa shape index (κ2) is 14.0. The number of nitrogens with one attached hydrogen (secondary N) is 4. The molecule has 2 heterocycles. The van der Waals surface area contributed by atoms with Gasteiger partial charge in [-0.15, -0.1) is 16.6 Å². The highest BCUT2D eigenvalue weighted by molar-refractivity contribution is 5.97. The van der Waals surface area contributed by atoms with E-state index in [0.717, 1.165) is 36.1 Å². The van der Waals surface area contributed by atoms with Gasteiger partial charge in [-0.3, -0.25) is 14.4 Å². The Kier molecular flexibility index (Phi) is 9.70.